The Balaban J connectivity index is 2.38. The van der Waals surface area contributed by atoms with Gasteiger partial charge in [-0.3, -0.25) is 4.79 Å². The molecule has 0 unspecified atom stereocenters. The van der Waals surface area contributed by atoms with Crippen molar-refractivity contribution in [2.24, 2.45) is 0 Å². The SMILES string of the molecule is Cc1ccc(F)c(NC(=O)c2cccc(F)c2Br)c1F. The van der Waals surface area contributed by atoms with Crippen molar-refractivity contribution in [1.29, 1.82) is 0 Å². The molecule has 20 heavy (non-hydrogen) atoms. The Morgan fingerprint density at radius 2 is 1.80 bits per heavy atom. The predicted molar refractivity (Wildman–Crippen MR) is 73.1 cm³/mol. The van der Waals surface area contributed by atoms with Gasteiger partial charge in [-0.15, -0.1) is 0 Å². The summed E-state index contributed by atoms with van der Waals surface area (Å²) in [6.07, 6.45) is 0. The average molecular weight is 344 g/mol. The summed E-state index contributed by atoms with van der Waals surface area (Å²) in [4.78, 5) is 12.0. The van der Waals surface area contributed by atoms with Gasteiger partial charge in [0, 0.05) is 0 Å². The number of hydrogen-bond acceptors (Lipinski definition) is 1. The van der Waals surface area contributed by atoms with E-state index in [-0.39, 0.29) is 15.6 Å². The van der Waals surface area contributed by atoms with Gasteiger partial charge in [0.15, 0.2) is 5.82 Å². The fraction of sp³-hybridized carbons (Fsp3) is 0.0714. The summed E-state index contributed by atoms with van der Waals surface area (Å²) in [7, 11) is 0. The molecule has 0 aromatic heterocycles. The maximum absolute atomic E-state index is 13.8. The molecule has 2 nitrogen and oxygen atoms in total. The zero-order chi connectivity index (χ0) is 14.9. The third-order valence-corrected chi connectivity index (χ3v) is 3.52. The van der Waals surface area contributed by atoms with Crippen LogP contribution in [0.5, 0.6) is 0 Å². The number of aryl methyl sites for hydroxylation is 1. The second-order valence-electron chi connectivity index (χ2n) is 4.11. The number of amides is 1. The molecule has 0 atom stereocenters. The van der Waals surface area contributed by atoms with Crippen LogP contribution in [-0.4, -0.2) is 5.91 Å². The summed E-state index contributed by atoms with van der Waals surface area (Å²) in [6, 6.07) is 6.15. The molecule has 0 aliphatic heterocycles. The monoisotopic (exact) mass is 343 g/mol. The van der Waals surface area contributed by atoms with Gasteiger partial charge in [0.05, 0.1) is 10.0 Å². The zero-order valence-electron chi connectivity index (χ0n) is 10.3. The van der Waals surface area contributed by atoms with Crippen LogP contribution in [0, 0.1) is 24.4 Å². The van der Waals surface area contributed by atoms with E-state index < -0.39 is 29.0 Å². The molecule has 0 bridgehead atoms. The largest absolute Gasteiger partial charge is 0.317 e. The maximum Gasteiger partial charge on any atom is 0.257 e. The first kappa shape index (κ1) is 14.6. The topological polar surface area (TPSA) is 29.1 Å². The summed E-state index contributed by atoms with van der Waals surface area (Å²) in [5, 5.41) is 2.12. The number of nitrogens with one attached hydrogen (secondary N) is 1. The van der Waals surface area contributed by atoms with Crippen molar-refractivity contribution in [3.05, 3.63) is 63.4 Å². The van der Waals surface area contributed by atoms with Gasteiger partial charge in [0.1, 0.15) is 17.3 Å². The average Bonchev–Trinajstić information content (AvgIpc) is 2.42. The zero-order valence-corrected chi connectivity index (χ0v) is 11.9. The first-order valence-electron chi connectivity index (χ1n) is 5.61. The van der Waals surface area contributed by atoms with E-state index >= 15 is 0 Å². The van der Waals surface area contributed by atoms with Crippen LogP contribution in [0.1, 0.15) is 15.9 Å². The Labute approximate surface area is 121 Å². The molecular weight excluding hydrogens is 335 g/mol. The molecule has 2 aromatic carbocycles. The van der Waals surface area contributed by atoms with Gasteiger partial charge in [0.2, 0.25) is 0 Å². The molecule has 0 heterocycles. The molecule has 1 N–H and O–H groups in total. The smallest absolute Gasteiger partial charge is 0.257 e. The number of halogens is 4. The number of benzene rings is 2. The highest BCUT2D eigenvalue weighted by molar-refractivity contribution is 9.10. The minimum Gasteiger partial charge on any atom is -0.317 e. The molecule has 0 saturated heterocycles. The van der Waals surface area contributed by atoms with Crippen molar-refractivity contribution in [3.8, 4) is 0 Å². The van der Waals surface area contributed by atoms with Gasteiger partial charge in [-0.25, -0.2) is 13.2 Å². The number of hydrogen-bond donors (Lipinski definition) is 1. The van der Waals surface area contributed by atoms with E-state index in [0.717, 1.165) is 12.1 Å². The highest BCUT2D eigenvalue weighted by Crippen LogP contribution is 2.25. The number of anilines is 1. The van der Waals surface area contributed by atoms with E-state index in [4.69, 9.17) is 0 Å². The Hall–Kier alpha value is -1.82. The Morgan fingerprint density at radius 1 is 1.10 bits per heavy atom. The molecule has 0 aliphatic rings. The highest BCUT2D eigenvalue weighted by atomic mass is 79.9. The lowest BCUT2D eigenvalue weighted by Crippen LogP contribution is -2.15. The fourth-order valence-electron chi connectivity index (χ4n) is 1.63. The molecule has 104 valence electrons. The van der Waals surface area contributed by atoms with E-state index in [1.807, 2.05) is 0 Å². The second-order valence-corrected chi connectivity index (χ2v) is 4.90. The molecular formula is C14H9BrF3NO. The molecule has 2 aromatic rings. The van der Waals surface area contributed by atoms with Crippen molar-refractivity contribution in [3.63, 3.8) is 0 Å². The normalized spacial score (nSPS) is 10.4. The van der Waals surface area contributed by atoms with Crippen LogP contribution in [0.3, 0.4) is 0 Å². The van der Waals surface area contributed by atoms with E-state index in [1.165, 1.54) is 25.1 Å². The quantitative estimate of drug-likeness (QED) is 0.858. The maximum atomic E-state index is 13.8. The van der Waals surface area contributed by atoms with E-state index in [9.17, 15) is 18.0 Å². The fourth-order valence-corrected chi connectivity index (χ4v) is 2.08. The third kappa shape index (κ3) is 2.70. The molecule has 0 radical (unpaired) electrons. The molecule has 6 heteroatoms. The number of carbonyl (C=O) groups excluding carboxylic acids is 1. The molecule has 0 saturated carbocycles. The van der Waals surface area contributed by atoms with Gasteiger partial charge in [-0.1, -0.05) is 12.1 Å². The third-order valence-electron chi connectivity index (χ3n) is 2.72. The Bertz CT molecular complexity index is 688. The lowest BCUT2D eigenvalue weighted by atomic mass is 10.1. The first-order chi connectivity index (χ1) is 9.41. The van der Waals surface area contributed by atoms with Gasteiger partial charge < -0.3 is 5.32 Å². The standard InChI is InChI=1S/C14H9BrF3NO/c1-7-5-6-10(17)13(12(7)18)19-14(20)8-3-2-4-9(16)11(8)15/h2-6H,1H3,(H,19,20). The van der Waals surface area contributed by atoms with E-state index in [2.05, 4.69) is 21.2 Å². The predicted octanol–water partition coefficient (Wildman–Crippen LogP) is 4.43. The minimum atomic E-state index is -0.894. The molecule has 0 fully saturated rings. The minimum absolute atomic E-state index is 0.0506. The van der Waals surface area contributed by atoms with Crippen LogP contribution in [0.4, 0.5) is 18.9 Å². The molecule has 1 amide bonds. The molecule has 2 rings (SSSR count). The molecule has 0 aliphatic carbocycles. The second kappa shape index (κ2) is 5.66. The van der Waals surface area contributed by atoms with Crippen LogP contribution < -0.4 is 5.32 Å². The van der Waals surface area contributed by atoms with Crippen molar-refractivity contribution in [2.75, 3.05) is 5.32 Å². The summed E-state index contributed by atoms with van der Waals surface area (Å²) in [6.45, 7) is 1.45. The van der Waals surface area contributed by atoms with Gasteiger partial charge in [-0.05, 0) is 46.6 Å². The van der Waals surface area contributed by atoms with Gasteiger partial charge in [-0.2, -0.15) is 0 Å². The van der Waals surface area contributed by atoms with Crippen LogP contribution in [-0.2, 0) is 0 Å². The van der Waals surface area contributed by atoms with E-state index in [1.54, 1.807) is 0 Å². The molecule has 0 spiro atoms. The van der Waals surface area contributed by atoms with Crippen LogP contribution >= 0.6 is 15.9 Å². The number of carbonyl (C=O) groups is 1. The first-order valence-corrected chi connectivity index (χ1v) is 6.41. The van der Waals surface area contributed by atoms with Crippen LogP contribution in [0.25, 0.3) is 0 Å². The van der Waals surface area contributed by atoms with E-state index in [0.29, 0.717) is 0 Å². The van der Waals surface area contributed by atoms with Gasteiger partial charge in [0.25, 0.3) is 5.91 Å². The summed E-state index contributed by atoms with van der Waals surface area (Å²) < 4.78 is 40.6. The van der Waals surface area contributed by atoms with Crippen molar-refractivity contribution in [1.82, 2.24) is 0 Å². The Kier molecular flexibility index (Phi) is 4.13. The summed E-state index contributed by atoms with van der Waals surface area (Å²) in [5.74, 6) is -3.19. The summed E-state index contributed by atoms with van der Waals surface area (Å²) >= 11 is 2.92. The lowest BCUT2D eigenvalue weighted by Gasteiger charge is -2.10. The van der Waals surface area contributed by atoms with Crippen molar-refractivity contribution in [2.45, 2.75) is 6.92 Å². The summed E-state index contributed by atoms with van der Waals surface area (Å²) in [5.41, 5.74) is -0.406. The van der Waals surface area contributed by atoms with Gasteiger partial charge >= 0.3 is 0 Å². The lowest BCUT2D eigenvalue weighted by molar-refractivity contribution is 0.102. The van der Waals surface area contributed by atoms with Crippen molar-refractivity contribution < 1.29 is 18.0 Å². The Morgan fingerprint density at radius 3 is 2.50 bits per heavy atom. The van der Waals surface area contributed by atoms with Crippen molar-refractivity contribution >= 4 is 27.5 Å². The number of rotatable bonds is 2. The van der Waals surface area contributed by atoms with Crippen LogP contribution in [0.15, 0.2) is 34.8 Å². The highest BCUT2D eigenvalue weighted by Gasteiger charge is 2.18. The van der Waals surface area contributed by atoms with Crippen LogP contribution in [0.2, 0.25) is 0 Å².